The maximum atomic E-state index is 12.2. The number of hydrogen-bond donors (Lipinski definition) is 1. The Morgan fingerprint density at radius 2 is 1.71 bits per heavy atom. The maximum Gasteiger partial charge on any atom is 1.00 e. The van der Waals surface area contributed by atoms with Crippen LogP contribution in [0.4, 0.5) is 11.5 Å². The number of benzene rings is 1. The zero-order valence-corrected chi connectivity index (χ0v) is 15.4. The first-order chi connectivity index (χ1) is 9.29. The van der Waals surface area contributed by atoms with Crippen molar-refractivity contribution in [2.75, 3.05) is 4.72 Å². The van der Waals surface area contributed by atoms with E-state index in [2.05, 4.69) is 14.7 Å². The van der Waals surface area contributed by atoms with Crippen molar-refractivity contribution in [1.82, 2.24) is 9.97 Å². The van der Waals surface area contributed by atoms with E-state index in [4.69, 9.17) is 17.3 Å². The molecule has 0 aliphatic rings. The Morgan fingerprint density at radius 1 is 1.14 bits per heavy atom. The average molecular weight is 335 g/mol. The van der Waals surface area contributed by atoms with Gasteiger partial charge < -0.3 is 5.73 Å². The second kappa shape index (κ2) is 6.93. The molecule has 6 nitrogen and oxygen atoms in total. The van der Waals surface area contributed by atoms with Crippen molar-refractivity contribution in [2.45, 2.75) is 18.7 Å². The summed E-state index contributed by atoms with van der Waals surface area (Å²) in [5.41, 5.74) is 8.08. The van der Waals surface area contributed by atoms with Crippen LogP contribution in [0, 0.1) is 13.8 Å². The van der Waals surface area contributed by atoms with E-state index in [-0.39, 0.29) is 51.0 Å². The SMILES string of the molecule is Cc1nc(C)c(Cl)c(NS(=O)(=O)c2ccc([NH-])cc2)n1.[Na+]. The van der Waals surface area contributed by atoms with Gasteiger partial charge in [0.2, 0.25) is 0 Å². The fourth-order valence-corrected chi connectivity index (χ4v) is 2.79. The molecule has 0 saturated heterocycles. The molecule has 0 atom stereocenters. The number of nitrogens with one attached hydrogen (secondary N) is 2. The average Bonchev–Trinajstić information content (AvgIpc) is 2.35. The first kappa shape index (κ1) is 18.2. The van der Waals surface area contributed by atoms with Gasteiger partial charge >= 0.3 is 29.6 Å². The third kappa shape index (κ3) is 4.31. The van der Waals surface area contributed by atoms with Crippen molar-refractivity contribution in [3.63, 3.8) is 0 Å². The zero-order valence-electron chi connectivity index (χ0n) is 11.8. The van der Waals surface area contributed by atoms with Gasteiger partial charge in [-0.25, -0.2) is 18.4 Å². The van der Waals surface area contributed by atoms with Crippen LogP contribution in [0.15, 0.2) is 29.2 Å². The van der Waals surface area contributed by atoms with E-state index in [1.165, 1.54) is 24.3 Å². The molecule has 0 aliphatic carbocycles. The van der Waals surface area contributed by atoms with E-state index in [1.807, 2.05) is 0 Å². The summed E-state index contributed by atoms with van der Waals surface area (Å²) in [6.45, 7) is 3.32. The summed E-state index contributed by atoms with van der Waals surface area (Å²) in [5.74, 6) is 0.470. The number of sulfonamides is 1. The predicted molar refractivity (Wildman–Crippen MR) is 77.7 cm³/mol. The van der Waals surface area contributed by atoms with Gasteiger partial charge in [0.05, 0.1) is 10.6 Å². The number of halogens is 1. The molecule has 0 amide bonds. The molecule has 0 unspecified atom stereocenters. The van der Waals surface area contributed by atoms with Crippen molar-refractivity contribution < 1.29 is 38.0 Å². The maximum absolute atomic E-state index is 12.2. The Bertz CT molecular complexity index is 751. The van der Waals surface area contributed by atoms with E-state index in [0.29, 0.717) is 11.5 Å². The minimum absolute atomic E-state index is 0. The molecule has 1 aromatic heterocycles. The number of aromatic nitrogens is 2. The molecule has 1 aromatic carbocycles. The van der Waals surface area contributed by atoms with Crippen molar-refractivity contribution in [3.05, 3.63) is 46.5 Å². The monoisotopic (exact) mass is 334 g/mol. The second-order valence-corrected chi connectivity index (χ2v) is 6.21. The van der Waals surface area contributed by atoms with Gasteiger partial charge in [0.25, 0.3) is 10.0 Å². The topological polar surface area (TPSA) is 95.8 Å². The van der Waals surface area contributed by atoms with Crippen LogP contribution in [-0.4, -0.2) is 18.4 Å². The van der Waals surface area contributed by atoms with Gasteiger partial charge in [0.15, 0.2) is 5.82 Å². The Kier molecular flexibility index (Phi) is 6.01. The van der Waals surface area contributed by atoms with E-state index in [9.17, 15) is 8.42 Å². The number of anilines is 1. The third-order valence-electron chi connectivity index (χ3n) is 2.52. The number of rotatable bonds is 3. The summed E-state index contributed by atoms with van der Waals surface area (Å²) in [5, 5.41) is 0.163. The fraction of sp³-hybridized carbons (Fsp3) is 0.167. The Balaban J connectivity index is 0.00000220. The third-order valence-corrected chi connectivity index (χ3v) is 4.33. The Labute approximate surface area is 150 Å². The van der Waals surface area contributed by atoms with Crippen LogP contribution >= 0.6 is 11.6 Å². The largest absolute Gasteiger partial charge is 1.00 e. The standard InChI is InChI=1S/C12H12ClN4O2S.Na/c1-7-11(13)12(16-8(2)15-7)17-20(18,19)10-5-3-9(14)4-6-10;/h3-6,14H,1-2H3,(H,15,16,17);/q-1;+1. The second-order valence-electron chi connectivity index (χ2n) is 4.15. The van der Waals surface area contributed by atoms with Gasteiger partial charge in [-0.2, -0.15) is 0 Å². The quantitative estimate of drug-likeness (QED) is 0.813. The summed E-state index contributed by atoms with van der Waals surface area (Å²) in [7, 11) is -3.79. The molecule has 0 radical (unpaired) electrons. The van der Waals surface area contributed by atoms with E-state index >= 15 is 0 Å². The van der Waals surface area contributed by atoms with Crippen molar-refractivity contribution >= 4 is 33.1 Å². The van der Waals surface area contributed by atoms with Crippen LogP contribution in [0.25, 0.3) is 5.73 Å². The summed E-state index contributed by atoms with van der Waals surface area (Å²) >= 11 is 6.00. The van der Waals surface area contributed by atoms with Crippen LogP contribution in [-0.2, 0) is 10.0 Å². The minimum Gasteiger partial charge on any atom is -0.699 e. The van der Waals surface area contributed by atoms with E-state index in [0.717, 1.165) is 0 Å². The van der Waals surface area contributed by atoms with Gasteiger partial charge in [-0.15, -0.1) is 5.69 Å². The Morgan fingerprint density at radius 3 is 2.29 bits per heavy atom. The number of nitrogens with zero attached hydrogens (tertiary/aromatic N) is 2. The van der Waals surface area contributed by atoms with Gasteiger partial charge in [-0.1, -0.05) is 23.7 Å². The zero-order chi connectivity index (χ0) is 14.9. The molecule has 106 valence electrons. The first-order valence-electron chi connectivity index (χ1n) is 5.65. The van der Waals surface area contributed by atoms with Crippen LogP contribution < -0.4 is 34.3 Å². The summed E-state index contributed by atoms with van der Waals surface area (Å²) in [6, 6.07) is 5.48. The normalized spacial score (nSPS) is 10.8. The van der Waals surface area contributed by atoms with Gasteiger partial charge in [0, 0.05) is 0 Å². The van der Waals surface area contributed by atoms with Gasteiger partial charge in [-0.05, 0) is 26.0 Å². The van der Waals surface area contributed by atoms with Crippen LogP contribution in [0.2, 0.25) is 5.02 Å². The molecule has 0 aliphatic heterocycles. The summed E-state index contributed by atoms with van der Waals surface area (Å²) < 4.78 is 26.7. The number of hydrogen-bond acceptors (Lipinski definition) is 4. The predicted octanol–water partition coefficient (Wildman–Crippen LogP) is 0.235. The van der Waals surface area contributed by atoms with E-state index < -0.39 is 10.0 Å². The van der Waals surface area contributed by atoms with E-state index in [1.54, 1.807) is 13.8 Å². The van der Waals surface area contributed by atoms with Crippen molar-refractivity contribution in [2.24, 2.45) is 0 Å². The molecule has 0 spiro atoms. The van der Waals surface area contributed by atoms with Gasteiger partial charge in [0.1, 0.15) is 10.8 Å². The molecule has 21 heavy (non-hydrogen) atoms. The molecule has 0 fully saturated rings. The summed E-state index contributed by atoms with van der Waals surface area (Å²) in [4.78, 5) is 8.08. The Hall–Kier alpha value is -0.860. The molecule has 0 bridgehead atoms. The summed E-state index contributed by atoms with van der Waals surface area (Å²) in [6.07, 6.45) is 0. The number of aryl methyl sites for hydroxylation is 2. The molecule has 9 heteroatoms. The van der Waals surface area contributed by atoms with Crippen LogP contribution in [0.5, 0.6) is 0 Å². The van der Waals surface area contributed by atoms with Crippen LogP contribution in [0.3, 0.4) is 0 Å². The minimum atomic E-state index is -3.79. The molecular weight excluding hydrogens is 323 g/mol. The van der Waals surface area contributed by atoms with Crippen molar-refractivity contribution in [3.8, 4) is 0 Å². The molecule has 2 rings (SSSR count). The molecule has 2 N–H and O–H groups in total. The van der Waals surface area contributed by atoms with Crippen molar-refractivity contribution in [1.29, 1.82) is 0 Å². The van der Waals surface area contributed by atoms with Gasteiger partial charge in [-0.3, -0.25) is 4.72 Å². The first-order valence-corrected chi connectivity index (χ1v) is 7.51. The molecule has 0 saturated carbocycles. The smallest absolute Gasteiger partial charge is 0.699 e. The molecule has 1 heterocycles. The molecular formula is C12H12ClN4NaO2S. The molecule has 2 aromatic rings. The fourth-order valence-electron chi connectivity index (χ4n) is 1.59. The van der Waals surface area contributed by atoms with Crippen LogP contribution in [0.1, 0.15) is 11.5 Å².